The molecule has 0 saturated carbocycles. The molecular weight excluding hydrogens is 280 g/mol. The third kappa shape index (κ3) is 4.19. The van der Waals surface area contributed by atoms with Crippen molar-refractivity contribution < 1.29 is 9.90 Å². The molecule has 0 bridgehead atoms. The van der Waals surface area contributed by atoms with E-state index in [1.165, 1.54) is 0 Å². The number of hydrogen-bond acceptors (Lipinski definition) is 5. The van der Waals surface area contributed by atoms with Gasteiger partial charge in [0.1, 0.15) is 6.04 Å². The Morgan fingerprint density at radius 1 is 1.27 bits per heavy atom. The molecule has 0 aromatic heterocycles. The highest BCUT2D eigenvalue weighted by Gasteiger charge is 2.29. The molecule has 6 heteroatoms. The Morgan fingerprint density at radius 2 is 1.95 bits per heavy atom. The highest BCUT2D eigenvalue weighted by molar-refractivity contribution is 5.78. The number of aliphatic hydroxyl groups is 1. The Balaban J connectivity index is 1.77. The molecule has 2 heterocycles. The molecule has 2 atom stereocenters. The number of nitrogens with zero attached hydrogens (tertiary/aromatic N) is 4. The van der Waals surface area contributed by atoms with Gasteiger partial charge in [0.15, 0.2) is 0 Å². The normalized spacial score (nSPS) is 25.4. The Kier molecular flexibility index (Phi) is 6.18. The maximum Gasteiger partial charge on any atom is 0.236 e. The van der Waals surface area contributed by atoms with Crippen molar-refractivity contribution in [2.75, 3.05) is 52.4 Å². The number of carbonyl (C=O) groups is 1. The third-order valence-electron chi connectivity index (χ3n) is 4.81. The molecular formula is C16H28N4O2. The molecule has 0 radical (unpaired) electrons. The van der Waals surface area contributed by atoms with Crippen LogP contribution in [-0.2, 0) is 4.79 Å². The SMILES string of the molecule is CC(C)C(C#N)N1CCN(C(=O)CN2CCC(CO)C2)CC1. The minimum atomic E-state index is -0.0545. The summed E-state index contributed by atoms with van der Waals surface area (Å²) < 4.78 is 0. The van der Waals surface area contributed by atoms with Crippen LogP contribution in [0.1, 0.15) is 20.3 Å². The summed E-state index contributed by atoms with van der Waals surface area (Å²) in [7, 11) is 0. The lowest BCUT2D eigenvalue weighted by molar-refractivity contribution is -0.134. The molecule has 2 aliphatic heterocycles. The highest BCUT2D eigenvalue weighted by Crippen LogP contribution is 2.16. The molecule has 6 nitrogen and oxygen atoms in total. The van der Waals surface area contributed by atoms with Gasteiger partial charge in [-0.1, -0.05) is 13.8 Å². The van der Waals surface area contributed by atoms with Crippen molar-refractivity contribution in [1.29, 1.82) is 5.26 Å². The van der Waals surface area contributed by atoms with Gasteiger partial charge >= 0.3 is 0 Å². The fourth-order valence-corrected chi connectivity index (χ4v) is 3.40. The molecule has 0 aromatic carbocycles. The van der Waals surface area contributed by atoms with E-state index in [-0.39, 0.29) is 18.6 Å². The van der Waals surface area contributed by atoms with E-state index in [4.69, 9.17) is 5.11 Å². The van der Waals surface area contributed by atoms with E-state index < -0.39 is 0 Å². The van der Waals surface area contributed by atoms with E-state index in [2.05, 4.69) is 29.7 Å². The number of aliphatic hydroxyl groups excluding tert-OH is 1. The molecule has 2 aliphatic rings. The van der Waals surface area contributed by atoms with Crippen molar-refractivity contribution in [2.45, 2.75) is 26.3 Å². The first-order chi connectivity index (χ1) is 10.5. The molecule has 2 fully saturated rings. The average molecular weight is 308 g/mol. The summed E-state index contributed by atoms with van der Waals surface area (Å²) in [6.45, 7) is 9.51. The molecule has 2 unspecified atom stereocenters. The van der Waals surface area contributed by atoms with Crippen molar-refractivity contribution in [1.82, 2.24) is 14.7 Å². The van der Waals surface area contributed by atoms with Gasteiger partial charge < -0.3 is 10.0 Å². The monoisotopic (exact) mass is 308 g/mol. The van der Waals surface area contributed by atoms with Crippen molar-refractivity contribution in [3.63, 3.8) is 0 Å². The number of hydrogen-bond donors (Lipinski definition) is 1. The van der Waals surface area contributed by atoms with Gasteiger partial charge in [0.05, 0.1) is 12.6 Å². The van der Waals surface area contributed by atoms with Crippen molar-refractivity contribution in [2.24, 2.45) is 11.8 Å². The molecule has 2 saturated heterocycles. The van der Waals surface area contributed by atoms with Gasteiger partial charge in [0.25, 0.3) is 0 Å². The zero-order valence-electron chi connectivity index (χ0n) is 13.7. The topological polar surface area (TPSA) is 70.8 Å². The lowest BCUT2D eigenvalue weighted by Crippen LogP contribution is -2.54. The number of rotatable bonds is 5. The highest BCUT2D eigenvalue weighted by atomic mass is 16.3. The minimum Gasteiger partial charge on any atom is -0.396 e. The van der Waals surface area contributed by atoms with Crippen LogP contribution in [0.15, 0.2) is 0 Å². The lowest BCUT2D eigenvalue weighted by Gasteiger charge is -2.38. The predicted octanol–water partition coefficient (Wildman–Crippen LogP) is -0.00702. The van der Waals surface area contributed by atoms with Crippen LogP contribution in [0.4, 0.5) is 0 Å². The van der Waals surface area contributed by atoms with Gasteiger partial charge in [-0.2, -0.15) is 5.26 Å². The second-order valence-corrected chi connectivity index (χ2v) is 6.81. The third-order valence-corrected chi connectivity index (χ3v) is 4.81. The number of likely N-dealkylation sites (tertiary alicyclic amines) is 1. The fraction of sp³-hybridized carbons (Fsp3) is 0.875. The molecule has 0 aliphatic carbocycles. The maximum atomic E-state index is 12.4. The van der Waals surface area contributed by atoms with Gasteiger partial charge in [-0.15, -0.1) is 0 Å². The fourth-order valence-electron chi connectivity index (χ4n) is 3.40. The Labute approximate surface area is 133 Å². The molecule has 1 N–H and O–H groups in total. The van der Waals surface area contributed by atoms with Gasteiger partial charge in [0.2, 0.25) is 5.91 Å². The number of carbonyl (C=O) groups excluding carboxylic acids is 1. The Bertz CT molecular complexity index is 413. The van der Waals surface area contributed by atoms with Crippen molar-refractivity contribution in [3.8, 4) is 6.07 Å². The standard InChI is InChI=1S/C16H28N4O2/c1-13(2)15(9-17)19-5-7-20(8-6-19)16(22)11-18-4-3-14(10-18)12-21/h13-15,21H,3-8,10-12H2,1-2H3. The average Bonchev–Trinajstić information content (AvgIpc) is 2.96. The summed E-state index contributed by atoms with van der Waals surface area (Å²) in [6, 6.07) is 2.32. The quantitative estimate of drug-likeness (QED) is 0.774. The van der Waals surface area contributed by atoms with Crippen molar-refractivity contribution in [3.05, 3.63) is 0 Å². The summed E-state index contributed by atoms with van der Waals surface area (Å²) in [4.78, 5) is 18.6. The van der Waals surface area contributed by atoms with Gasteiger partial charge in [-0.25, -0.2) is 0 Å². The molecule has 0 aromatic rings. The second-order valence-electron chi connectivity index (χ2n) is 6.81. The number of amides is 1. The zero-order valence-corrected chi connectivity index (χ0v) is 13.7. The molecule has 2 rings (SSSR count). The lowest BCUT2D eigenvalue weighted by atomic mass is 10.0. The van der Waals surface area contributed by atoms with Gasteiger partial charge in [0, 0.05) is 39.3 Å². The Hall–Kier alpha value is -1.16. The predicted molar refractivity (Wildman–Crippen MR) is 84.0 cm³/mol. The van der Waals surface area contributed by atoms with E-state index >= 15 is 0 Å². The van der Waals surface area contributed by atoms with E-state index in [1.54, 1.807) is 0 Å². The first kappa shape index (κ1) is 17.2. The minimum absolute atomic E-state index is 0.0545. The van der Waals surface area contributed by atoms with E-state index in [1.807, 2.05) is 4.90 Å². The van der Waals surface area contributed by atoms with Crippen LogP contribution in [-0.4, -0.2) is 84.2 Å². The van der Waals surface area contributed by atoms with Crippen LogP contribution >= 0.6 is 0 Å². The first-order valence-electron chi connectivity index (χ1n) is 8.29. The van der Waals surface area contributed by atoms with Crippen LogP contribution in [0.2, 0.25) is 0 Å². The second kappa shape index (κ2) is 7.91. The molecule has 0 spiro atoms. The summed E-state index contributed by atoms with van der Waals surface area (Å²) in [6.07, 6.45) is 0.982. The number of nitriles is 1. The van der Waals surface area contributed by atoms with Gasteiger partial charge in [-0.3, -0.25) is 14.6 Å². The Morgan fingerprint density at radius 3 is 2.45 bits per heavy atom. The van der Waals surface area contributed by atoms with E-state index in [9.17, 15) is 10.1 Å². The largest absolute Gasteiger partial charge is 0.396 e. The van der Waals surface area contributed by atoms with E-state index in [0.29, 0.717) is 31.5 Å². The number of piperazine rings is 1. The van der Waals surface area contributed by atoms with Crippen LogP contribution in [0, 0.1) is 23.2 Å². The zero-order chi connectivity index (χ0) is 16.1. The summed E-state index contributed by atoms with van der Waals surface area (Å²) in [5.41, 5.74) is 0. The summed E-state index contributed by atoms with van der Waals surface area (Å²) in [5.74, 6) is 0.815. The van der Waals surface area contributed by atoms with Crippen molar-refractivity contribution >= 4 is 5.91 Å². The maximum absolute atomic E-state index is 12.4. The molecule has 22 heavy (non-hydrogen) atoms. The molecule has 1 amide bonds. The van der Waals surface area contributed by atoms with E-state index in [0.717, 1.165) is 32.6 Å². The first-order valence-corrected chi connectivity index (χ1v) is 8.29. The van der Waals surface area contributed by atoms with Crippen LogP contribution in [0.3, 0.4) is 0 Å². The van der Waals surface area contributed by atoms with Gasteiger partial charge in [-0.05, 0) is 24.8 Å². The van der Waals surface area contributed by atoms with Crippen LogP contribution < -0.4 is 0 Å². The smallest absolute Gasteiger partial charge is 0.236 e. The molecule has 124 valence electrons. The summed E-state index contributed by atoms with van der Waals surface area (Å²) >= 11 is 0. The van der Waals surface area contributed by atoms with Crippen LogP contribution in [0.5, 0.6) is 0 Å². The summed E-state index contributed by atoms with van der Waals surface area (Å²) in [5, 5.41) is 18.4. The van der Waals surface area contributed by atoms with Crippen LogP contribution in [0.25, 0.3) is 0 Å².